The summed E-state index contributed by atoms with van der Waals surface area (Å²) in [4.78, 5) is 0. The zero-order valence-electron chi connectivity index (χ0n) is 4.28. The topological polar surface area (TPSA) is 20.2 Å². The molecule has 0 amide bonds. The highest BCUT2D eigenvalue weighted by atomic mass is 35.5. The Balaban J connectivity index is 3.54. The molecule has 0 aromatic heterocycles. The Kier molecular flexibility index (Phi) is 2.38. The van der Waals surface area contributed by atoms with Gasteiger partial charge in [0.1, 0.15) is 0 Å². The fourth-order valence-corrected chi connectivity index (χ4v) is 0. The zero-order chi connectivity index (χ0) is 6.08. The minimum absolute atomic E-state index is 0.408. The maximum atomic E-state index is 8.73. The molecule has 0 spiro atoms. The molecule has 0 aliphatic carbocycles. The van der Waals surface area contributed by atoms with E-state index >= 15 is 0 Å². The third kappa shape index (κ3) is 3.15. The van der Waals surface area contributed by atoms with Crippen LogP contribution in [0.2, 0.25) is 0 Å². The lowest BCUT2D eigenvalue weighted by Crippen LogP contribution is -2.25. The molecule has 0 aromatic carbocycles. The van der Waals surface area contributed by atoms with Crippen LogP contribution >= 0.6 is 23.2 Å². The molecule has 0 radical (unpaired) electrons. The van der Waals surface area contributed by atoms with Crippen molar-refractivity contribution in [3.63, 3.8) is 0 Å². The first-order chi connectivity index (χ1) is 2.94. The summed E-state index contributed by atoms with van der Waals surface area (Å²) in [6, 6.07) is 0. The molecule has 0 heterocycles. The van der Waals surface area contributed by atoms with Gasteiger partial charge in [-0.15, -0.1) is 11.6 Å². The van der Waals surface area contributed by atoms with Crippen LogP contribution in [-0.4, -0.2) is 15.5 Å². The van der Waals surface area contributed by atoms with Gasteiger partial charge in [0.25, 0.3) is 0 Å². The van der Waals surface area contributed by atoms with Crippen LogP contribution in [0.4, 0.5) is 0 Å². The smallest absolute Gasteiger partial charge is 0.151 e. The molecule has 0 rings (SSSR count). The Labute approximate surface area is 53.2 Å². The SMILES string of the molecule is CC(Cl)C(C)(O)Cl. The van der Waals surface area contributed by atoms with Crippen LogP contribution in [0.15, 0.2) is 0 Å². The van der Waals surface area contributed by atoms with E-state index in [1.165, 1.54) is 6.92 Å². The molecule has 2 unspecified atom stereocenters. The normalized spacial score (nSPS) is 23.6. The van der Waals surface area contributed by atoms with Crippen LogP contribution in [0, 0.1) is 0 Å². The molecule has 44 valence electrons. The molecule has 0 aliphatic rings. The number of hydrogen-bond donors (Lipinski definition) is 1. The number of alkyl halides is 2. The summed E-state index contributed by atoms with van der Waals surface area (Å²) in [6.07, 6.45) is 0. The van der Waals surface area contributed by atoms with Gasteiger partial charge in [-0.2, -0.15) is 0 Å². The maximum Gasteiger partial charge on any atom is 0.151 e. The Morgan fingerprint density at radius 2 is 1.86 bits per heavy atom. The molecule has 7 heavy (non-hydrogen) atoms. The Morgan fingerprint density at radius 3 is 1.86 bits per heavy atom. The Hall–Kier alpha value is 0.540. The predicted octanol–water partition coefficient (Wildman–Crippen LogP) is 1.56. The molecule has 0 bridgehead atoms. The molecular formula is C4H8Cl2O. The molecule has 0 fully saturated rings. The first-order valence-electron chi connectivity index (χ1n) is 2.00. The largest absolute Gasteiger partial charge is 0.374 e. The first kappa shape index (κ1) is 7.54. The third-order valence-corrected chi connectivity index (χ3v) is 1.59. The predicted molar refractivity (Wildman–Crippen MR) is 31.8 cm³/mol. The van der Waals surface area contributed by atoms with Crippen LogP contribution in [0.5, 0.6) is 0 Å². The van der Waals surface area contributed by atoms with Crippen molar-refractivity contribution in [2.24, 2.45) is 0 Å². The summed E-state index contributed by atoms with van der Waals surface area (Å²) >= 11 is 10.7. The summed E-state index contributed by atoms with van der Waals surface area (Å²) in [6.45, 7) is 3.08. The number of aliphatic hydroxyl groups is 1. The number of rotatable bonds is 1. The van der Waals surface area contributed by atoms with Crippen LogP contribution < -0.4 is 0 Å². The van der Waals surface area contributed by atoms with E-state index in [9.17, 15) is 0 Å². The fraction of sp³-hybridized carbons (Fsp3) is 1.00. The third-order valence-electron chi connectivity index (χ3n) is 0.726. The van der Waals surface area contributed by atoms with E-state index < -0.39 is 10.4 Å². The van der Waals surface area contributed by atoms with Crippen molar-refractivity contribution in [1.29, 1.82) is 0 Å². The summed E-state index contributed by atoms with van der Waals surface area (Å²) < 4.78 is 0. The lowest BCUT2D eigenvalue weighted by atomic mass is 10.3. The van der Waals surface area contributed by atoms with Gasteiger partial charge in [0, 0.05) is 0 Å². The highest BCUT2D eigenvalue weighted by Crippen LogP contribution is 2.18. The summed E-state index contributed by atoms with van der Waals surface area (Å²) in [5.74, 6) is 0. The minimum Gasteiger partial charge on any atom is -0.374 e. The summed E-state index contributed by atoms with van der Waals surface area (Å²) in [5.41, 5.74) is 0. The molecule has 0 saturated carbocycles. The zero-order valence-corrected chi connectivity index (χ0v) is 5.79. The van der Waals surface area contributed by atoms with E-state index in [2.05, 4.69) is 0 Å². The second kappa shape index (κ2) is 2.21. The van der Waals surface area contributed by atoms with E-state index in [1.807, 2.05) is 0 Å². The van der Waals surface area contributed by atoms with Crippen molar-refractivity contribution < 1.29 is 5.11 Å². The standard InChI is InChI=1S/C4H8Cl2O/c1-3(5)4(2,6)7/h3,7H,1-2H3. The van der Waals surface area contributed by atoms with Crippen LogP contribution in [0.3, 0.4) is 0 Å². The van der Waals surface area contributed by atoms with E-state index in [0.717, 1.165) is 0 Å². The van der Waals surface area contributed by atoms with Gasteiger partial charge in [-0.1, -0.05) is 11.6 Å². The van der Waals surface area contributed by atoms with Gasteiger partial charge in [0.05, 0.1) is 5.38 Å². The Morgan fingerprint density at radius 1 is 1.71 bits per heavy atom. The van der Waals surface area contributed by atoms with E-state index in [-0.39, 0.29) is 0 Å². The molecule has 0 aromatic rings. The quantitative estimate of drug-likeness (QED) is 0.552. The molecule has 0 saturated heterocycles. The van der Waals surface area contributed by atoms with E-state index in [1.54, 1.807) is 6.92 Å². The fourth-order valence-electron chi connectivity index (χ4n) is 0. The van der Waals surface area contributed by atoms with Crippen LogP contribution in [0.1, 0.15) is 13.8 Å². The molecule has 3 heteroatoms. The van der Waals surface area contributed by atoms with Crippen molar-refractivity contribution in [3.05, 3.63) is 0 Å². The molecular weight excluding hydrogens is 135 g/mol. The second-order valence-corrected chi connectivity index (χ2v) is 3.06. The molecule has 1 N–H and O–H groups in total. The molecule has 1 nitrogen and oxygen atoms in total. The lowest BCUT2D eigenvalue weighted by molar-refractivity contribution is 0.149. The van der Waals surface area contributed by atoms with Gasteiger partial charge < -0.3 is 5.11 Å². The van der Waals surface area contributed by atoms with Crippen LogP contribution in [-0.2, 0) is 0 Å². The van der Waals surface area contributed by atoms with Gasteiger partial charge in [0.2, 0.25) is 0 Å². The molecule has 2 atom stereocenters. The Bertz CT molecular complexity index is 55.2. The monoisotopic (exact) mass is 142 g/mol. The van der Waals surface area contributed by atoms with Gasteiger partial charge in [-0.05, 0) is 13.8 Å². The van der Waals surface area contributed by atoms with Crippen molar-refractivity contribution in [2.75, 3.05) is 0 Å². The van der Waals surface area contributed by atoms with Crippen molar-refractivity contribution >= 4 is 23.2 Å². The van der Waals surface area contributed by atoms with Crippen LogP contribution in [0.25, 0.3) is 0 Å². The van der Waals surface area contributed by atoms with Crippen molar-refractivity contribution in [2.45, 2.75) is 24.3 Å². The minimum atomic E-state index is -1.26. The molecule has 0 aliphatic heterocycles. The van der Waals surface area contributed by atoms with Crippen molar-refractivity contribution in [1.82, 2.24) is 0 Å². The highest BCUT2D eigenvalue weighted by Gasteiger charge is 2.21. The van der Waals surface area contributed by atoms with Gasteiger partial charge in [-0.3, -0.25) is 0 Å². The summed E-state index contributed by atoms with van der Waals surface area (Å²) in [7, 11) is 0. The van der Waals surface area contributed by atoms with Gasteiger partial charge >= 0.3 is 0 Å². The van der Waals surface area contributed by atoms with Crippen molar-refractivity contribution in [3.8, 4) is 0 Å². The first-order valence-corrected chi connectivity index (χ1v) is 2.81. The summed E-state index contributed by atoms with van der Waals surface area (Å²) in [5, 5.41) is 7.06. The van der Waals surface area contributed by atoms with Gasteiger partial charge in [-0.25, -0.2) is 0 Å². The van der Waals surface area contributed by atoms with Gasteiger partial charge in [0.15, 0.2) is 5.06 Å². The van der Waals surface area contributed by atoms with E-state index in [4.69, 9.17) is 28.3 Å². The second-order valence-electron chi connectivity index (χ2n) is 1.64. The maximum absolute atomic E-state index is 8.73. The average molecular weight is 143 g/mol. The average Bonchev–Trinajstić information content (AvgIpc) is 1.31. The van der Waals surface area contributed by atoms with E-state index in [0.29, 0.717) is 0 Å². The highest BCUT2D eigenvalue weighted by molar-refractivity contribution is 6.31. The number of hydrogen-bond acceptors (Lipinski definition) is 1. The lowest BCUT2D eigenvalue weighted by Gasteiger charge is -2.15. The number of halogens is 2.